The van der Waals surface area contributed by atoms with Gasteiger partial charge in [0.15, 0.2) is 5.69 Å². The number of rotatable bonds is 6. The zero-order chi connectivity index (χ0) is 22.7. The molecule has 0 radical (unpaired) electrons. The summed E-state index contributed by atoms with van der Waals surface area (Å²) in [4.78, 5) is 15.2. The fraction of sp³-hybridized carbons (Fsp3) is 0.318. The molecular formula is C22H22Cl2FN5O2. The maximum Gasteiger partial charge on any atom is 0.273 e. The molecule has 1 aromatic heterocycles. The summed E-state index contributed by atoms with van der Waals surface area (Å²) < 4.78 is 20.4. The van der Waals surface area contributed by atoms with Crippen LogP contribution in [0.2, 0.25) is 10.0 Å². The van der Waals surface area contributed by atoms with Crippen molar-refractivity contribution >= 4 is 29.1 Å². The van der Waals surface area contributed by atoms with E-state index in [0.717, 1.165) is 18.7 Å². The summed E-state index contributed by atoms with van der Waals surface area (Å²) in [5.41, 5.74) is 2.30. The minimum atomic E-state index is -0.525. The summed E-state index contributed by atoms with van der Waals surface area (Å²) in [6.45, 7) is 4.94. The van der Waals surface area contributed by atoms with Crippen molar-refractivity contribution in [1.29, 1.82) is 0 Å². The summed E-state index contributed by atoms with van der Waals surface area (Å²) >= 11 is 11.9. The highest BCUT2D eigenvalue weighted by Gasteiger charge is 2.25. The van der Waals surface area contributed by atoms with Crippen molar-refractivity contribution in [2.45, 2.75) is 13.0 Å². The molecule has 168 valence electrons. The number of ether oxygens (including phenoxy) is 1. The van der Waals surface area contributed by atoms with Gasteiger partial charge in [-0.05, 0) is 42.8 Å². The first-order chi connectivity index (χ1) is 15.4. The minimum absolute atomic E-state index is 0.0280. The first-order valence-corrected chi connectivity index (χ1v) is 10.9. The predicted octanol–water partition coefficient (Wildman–Crippen LogP) is 3.82. The molecular weight excluding hydrogens is 456 g/mol. The van der Waals surface area contributed by atoms with E-state index >= 15 is 0 Å². The van der Waals surface area contributed by atoms with Crippen molar-refractivity contribution in [2.75, 3.05) is 32.8 Å². The Kier molecular flexibility index (Phi) is 7.05. The standard InChI is InChI=1S/C22H22Cl2FN5O2/c1-14-21(27-28-30(14)17-6-7-19(25)18(24)12-17)22(31)26-13-20(29-8-10-32-11-9-29)15-2-4-16(23)5-3-15/h2-7,12,20H,8-11,13H2,1H3,(H,26,31). The second-order valence-corrected chi connectivity index (χ2v) is 8.30. The molecule has 1 aliphatic rings. The van der Waals surface area contributed by atoms with Gasteiger partial charge in [0, 0.05) is 24.7 Å². The molecule has 3 aromatic rings. The number of benzene rings is 2. The van der Waals surface area contributed by atoms with E-state index in [1.165, 1.54) is 22.9 Å². The van der Waals surface area contributed by atoms with Gasteiger partial charge in [-0.15, -0.1) is 5.10 Å². The van der Waals surface area contributed by atoms with Crippen LogP contribution in [0, 0.1) is 12.7 Å². The van der Waals surface area contributed by atoms with Gasteiger partial charge in [-0.25, -0.2) is 9.07 Å². The van der Waals surface area contributed by atoms with E-state index in [9.17, 15) is 9.18 Å². The first kappa shape index (κ1) is 22.7. The average Bonchev–Trinajstić information content (AvgIpc) is 3.19. The Labute approximate surface area is 195 Å². The Hall–Kier alpha value is -2.52. The number of aromatic nitrogens is 3. The monoisotopic (exact) mass is 477 g/mol. The van der Waals surface area contributed by atoms with E-state index in [1.54, 1.807) is 6.92 Å². The van der Waals surface area contributed by atoms with Crippen LogP contribution in [0.15, 0.2) is 42.5 Å². The van der Waals surface area contributed by atoms with Crippen LogP contribution >= 0.6 is 23.2 Å². The van der Waals surface area contributed by atoms with Gasteiger partial charge in [-0.3, -0.25) is 9.69 Å². The van der Waals surface area contributed by atoms with Crippen LogP contribution in [0.3, 0.4) is 0 Å². The van der Waals surface area contributed by atoms with E-state index in [0.29, 0.717) is 36.2 Å². The third-order valence-corrected chi connectivity index (χ3v) is 6.00. The lowest BCUT2D eigenvalue weighted by Crippen LogP contribution is -2.44. The molecule has 10 heteroatoms. The normalized spacial score (nSPS) is 15.5. The van der Waals surface area contributed by atoms with Crippen molar-refractivity contribution in [2.24, 2.45) is 0 Å². The number of hydrogen-bond acceptors (Lipinski definition) is 5. The molecule has 1 amide bonds. The lowest BCUT2D eigenvalue weighted by Gasteiger charge is -2.34. The van der Waals surface area contributed by atoms with Gasteiger partial charge in [-0.2, -0.15) is 0 Å². The molecule has 1 unspecified atom stereocenters. The van der Waals surface area contributed by atoms with Gasteiger partial charge in [0.2, 0.25) is 0 Å². The highest BCUT2D eigenvalue weighted by Crippen LogP contribution is 2.24. The maximum atomic E-state index is 13.5. The molecule has 0 spiro atoms. The Morgan fingerprint density at radius 1 is 1.19 bits per heavy atom. The molecule has 32 heavy (non-hydrogen) atoms. The molecule has 4 rings (SSSR count). The van der Waals surface area contributed by atoms with Crippen LogP contribution in [0.25, 0.3) is 5.69 Å². The molecule has 0 bridgehead atoms. The second kappa shape index (κ2) is 9.95. The molecule has 1 saturated heterocycles. The Balaban J connectivity index is 1.51. The predicted molar refractivity (Wildman–Crippen MR) is 120 cm³/mol. The summed E-state index contributed by atoms with van der Waals surface area (Å²) in [6.07, 6.45) is 0. The van der Waals surface area contributed by atoms with Crippen molar-refractivity contribution < 1.29 is 13.9 Å². The van der Waals surface area contributed by atoms with Crippen molar-refractivity contribution in [3.8, 4) is 5.69 Å². The number of hydrogen-bond donors (Lipinski definition) is 1. The van der Waals surface area contributed by atoms with Crippen LogP contribution in [0.5, 0.6) is 0 Å². The highest BCUT2D eigenvalue weighted by molar-refractivity contribution is 6.31. The minimum Gasteiger partial charge on any atom is -0.379 e. The number of carbonyl (C=O) groups is 1. The second-order valence-electron chi connectivity index (χ2n) is 7.46. The summed E-state index contributed by atoms with van der Waals surface area (Å²) in [5, 5.41) is 11.7. The largest absolute Gasteiger partial charge is 0.379 e. The molecule has 1 atom stereocenters. The number of carbonyl (C=O) groups excluding carboxylic acids is 1. The highest BCUT2D eigenvalue weighted by atomic mass is 35.5. The summed E-state index contributed by atoms with van der Waals surface area (Å²) in [6, 6.07) is 11.8. The number of nitrogens with one attached hydrogen (secondary N) is 1. The van der Waals surface area contributed by atoms with E-state index in [2.05, 4.69) is 20.5 Å². The van der Waals surface area contributed by atoms with Gasteiger partial charge < -0.3 is 10.1 Å². The molecule has 1 aliphatic heterocycles. The smallest absolute Gasteiger partial charge is 0.273 e. The molecule has 2 heterocycles. The Morgan fingerprint density at radius 2 is 1.91 bits per heavy atom. The lowest BCUT2D eigenvalue weighted by atomic mass is 10.0. The molecule has 0 aliphatic carbocycles. The first-order valence-electron chi connectivity index (χ1n) is 10.2. The van der Waals surface area contributed by atoms with E-state index in [4.69, 9.17) is 27.9 Å². The number of nitrogens with zero attached hydrogens (tertiary/aromatic N) is 4. The molecule has 2 aromatic carbocycles. The van der Waals surface area contributed by atoms with E-state index in [1.807, 2.05) is 24.3 Å². The maximum absolute atomic E-state index is 13.5. The van der Waals surface area contributed by atoms with Gasteiger partial charge in [0.05, 0.1) is 35.7 Å². The van der Waals surface area contributed by atoms with E-state index < -0.39 is 5.82 Å². The molecule has 0 saturated carbocycles. The Morgan fingerprint density at radius 3 is 2.59 bits per heavy atom. The van der Waals surface area contributed by atoms with Crippen LogP contribution in [-0.4, -0.2) is 58.6 Å². The zero-order valence-corrected chi connectivity index (χ0v) is 18.9. The quantitative estimate of drug-likeness (QED) is 0.583. The molecule has 1 fully saturated rings. The summed E-state index contributed by atoms with van der Waals surface area (Å²) in [7, 11) is 0. The van der Waals surface area contributed by atoms with Gasteiger partial charge in [0.1, 0.15) is 5.82 Å². The van der Waals surface area contributed by atoms with Crippen LogP contribution < -0.4 is 5.32 Å². The van der Waals surface area contributed by atoms with Gasteiger partial charge >= 0.3 is 0 Å². The van der Waals surface area contributed by atoms with Crippen LogP contribution in [0.4, 0.5) is 4.39 Å². The third kappa shape index (κ3) is 4.94. The third-order valence-electron chi connectivity index (χ3n) is 5.45. The number of morpholine rings is 1. The average molecular weight is 478 g/mol. The Bertz CT molecular complexity index is 1100. The molecule has 7 nitrogen and oxygen atoms in total. The van der Waals surface area contributed by atoms with Crippen molar-refractivity contribution in [3.63, 3.8) is 0 Å². The number of halogens is 3. The van der Waals surface area contributed by atoms with Gasteiger partial charge in [0.25, 0.3) is 5.91 Å². The lowest BCUT2D eigenvalue weighted by molar-refractivity contribution is 0.0162. The number of amides is 1. The van der Waals surface area contributed by atoms with Crippen LogP contribution in [0.1, 0.15) is 27.8 Å². The summed E-state index contributed by atoms with van der Waals surface area (Å²) in [5.74, 6) is -0.864. The molecule has 1 N–H and O–H groups in total. The van der Waals surface area contributed by atoms with Crippen molar-refractivity contribution in [1.82, 2.24) is 25.2 Å². The zero-order valence-electron chi connectivity index (χ0n) is 17.4. The van der Waals surface area contributed by atoms with Crippen molar-refractivity contribution in [3.05, 3.63) is 75.3 Å². The SMILES string of the molecule is Cc1c(C(=O)NCC(c2ccc(Cl)cc2)N2CCOCC2)nnn1-c1ccc(F)c(Cl)c1. The van der Waals surface area contributed by atoms with E-state index in [-0.39, 0.29) is 22.7 Å². The van der Waals surface area contributed by atoms with Gasteiger partial charge in [-0.1, -0.05) is 40.5 Å². The topological polar surface area (TPSA) is 72.3 Å². The fourth-order valence-electron chi connectivity index (χ4n) is 3.71. The van der Waals surface area contributed by atoms with Crippen LogP contribution in [-0.2, 0) is 4.74 Å². The fourth-order valence-corrected chi connectivity index (χ4v) is 4.01.